The molecule has 29 heavy (non-hydrogen) atoms. The van der Waals surface area contributed by atoms with Crippen molar-refractivity contribution >= 4 is 28.1 Å². The smallest absolute Gasteiger partial charge is 0.227 e. The van der Waals surface area contributed by atoms with Crippen LogP contribution in [0.4, 0.5) is 0 Å². The van der Waals surface area contributed by atoms with E-state index in [4.69, 9.17) is 9.40 Å². The van der Waals surface area contributed by atoms with Gasteiger partial charge in [-0.3, -0.25) is 4.98 Å². The molecule has 0 spiro atoms. The molecule has 3 heterocycles. The number of furan rings is 1. The van der Waals surface area contributed by atoms with Gasteiger partial charge in [0.15, 0.2) is 0 Å². The Morgan fingerprint density at radius 3 is 2.93 bits per heavy atom. The maximum Gasteiger partial charge on any atom is 0.227 e. The second-order valence-corrected chi connectivity index (χ2v) is 8.51. The number of allylic oxidation sites excluding steroid dienone is 1. The van der Waals surface area contributed by atoms with Crippen LogP contribution in [0.15, 0.2) is 53.2 Å². The van der Waals surface area contributed by atoms with E-state index >= 15 is 0 Å². The molecule has 0 saturated heterocycles. The van der Waals surface area contributed by atoms with Gasteiger partial charge in [0.05, 0.1) is 11.1 Å². The minimum absolute atomic E-state index is 0.722. The van der Waals surface area contributed by atoms with Gasteiger partial charge in [0.25, 0.3) is 0 Å². The highest BCUT2D eigenvalue weighted by Gasteiger charge is 2.20. The van der Waals surface area contributed by atoms with Crippen LogP contribution in [0.2, 0.25) is 0 Å². The van der Waals surface area contributed by atoms with E-state index in [2.05, 4.69) is 47.5 Å². The topological polar surface area (TPSA) is 38.9 Å². The Bertz CT molecular complexity index is 1240. The molecule has 3 heteroatoms. The summed E-state index contributed by atoms with van der Waals surface area (Å²) in [5.74, 6) is 0.828. The van der Waals surface area contributed by atoms with Gasteiger partial charge in [0.1, 0.15) is 5.58 Å². The number of aromatic nitrogens is 2. The van der Waals surface area contributed by atoms with Crippen molar-refractivity contribution in [2.45, 2.75) is 44.9 Å². The molecule has 0 radical (unpaired) electrons. The molecule has 1 saturated carbocycles. The molecule has 0 N–H and O–H groups in total. The number of hydrogen-bond donors (Lipinski definition) is 0. The van der Waals surface area contributed by atoms with E-state index in [0.29, 0.717) is 0 Å². The van der Waals surface area contributed by atoms with Gasteiger partial charge < -0.3 is 4.42 Å². The minimum atomic E-state index is 0.722. The average Bonchev–Trinajstić information content (AvgIpc) is 3.41. The van der Waals surface area contributed by atoms with E-state index in [9.17, 15) is 0 Å². The second kappa shape index (κ2) is 6.84. The average molecular weight is 380 g/mol. The first-order valence-electron chi connectivity index (χ1n) is 10.8. The van der Waals surface area contributed by atoms with Gasteiger partial charge in [-0.15, -0.1) is 0 Å². The fourth-order valence-electron chi connectivity index (χ4n) is 5.15. The lowest BCUT2D eigenvalue weighted by Gasteiger charge is -2.10. The second-order valence-electron chi connectivity index (χ2n) is 8.51. The minimum Gasteiger partial charge on any atom is -0.437 e. The molecule has 1 aromatic carbocycles. The Hall–Kier alpha value is -2.94. The van der Waals surface area contributed by atoms with E-state index in [1.54, 1.807) is 0 Å². The number of nitrogens with zero attached hydrogens (tertiary/aromatic N) is 2. The Labute approximate surface area is 170 Å². The van der Waals surface area contributed by atoms with Crippen LogP contribution < -0.4 is 0 Å². The molecule has 6 rings (SSSR count). The zero-order valence-corrected chi connectivity index (χ0v) is 16.5. The molecule has 0 atom stereocenters. The number of para-hydroxylation sites is 1. The third-order valence-corrected chi connectivity index (χ3v) is 6.61. The van der Waals surface area contributed by atoms with Crippen molar-refractivity contribution < 1.29 is 4.42 Å². The summed E-state index contributed by atoms with van der Waals surface area (Å²) in [6.07, 6.45) is 17.2. The van der Waals surface area contributed by atoms with Gasteiger partial charge in [0.2, 0.25) is 5.71 Å². The largest absolute Gasteiger partial charge is 0.437 e. The van der Waals surface area contributed by atoms with Crippen LogP contribution in [0.5, 0.6) is 0 Å². The Morgan fingerprint density at radius 1 is 1.07 bits per heavy atom. The van der Waals surface area contributed by atoms with Crippen molar-refractivity contribution in [2.75, 3.05) is 0 Å². The summed E-state index contributed by atoms with van der Waals surface area (Å²) in [5, 5.41) is 2.27. The van der Waals surface area contributed by atoms with Crippen molar-refractivity contribution in [3.63, 3.8) is 0 Å². The van der Waals surface area contributed by atoms with Crippen LogP contribution in [-0.2, 0) is 12.8 Å². The Balaban J connectivity index is 1.50. The number of fused-ring (bicyclic) bond motifs is 5. The lowest BCUT2D eigenvalue weighted by atomic mass is 9.95. The van der Waals surface area contributed by atoms with Crippen LogP contribution in [0, 0.1) is 5.92 Å². The van der Waals surface area contributed by atoms with Crippen molar-refractivity contribution in [3.8, 4) is 11.3 Å². The fourth-order valence-corrected chi connectivity index (χ4v) is 5.15. The molecule has 3 nitrogen and oxygen atoms in total. The van der Waals surface area contributed by atoms with E-state index in [0.717, 1.165) is 58.5 Å². The van der Waals surface area contributed by atoms with Crippen molar-refractivity contribution in [3.05, 3.63) is 65.5 Å². The number of hydrogen-bond acceptors (Lipinski definition) is 3. The molecular weight excluding hydrogens is 356 g/mol. The Morgan fingerprint density at radius 2 is 2.00 bits per heavy atom. The summed E-state index contributed by atoms with van der Waals surface area (Å²) in [6.45, 7) is 0. The zero-order chi connectivity index (χ0) is 19.2. The van der Waals surface area contributed by atoms with E-state index < -0.39 is 0 Å². The quantitative estimate of drug-likeness (QED) is 0.395. The number of benzene rings is 1. The van der Waals surface area contributed by atoms with Crippen LogP contribution in [0.25, 0.3) is 39.4 Å². The molecule has 4 aromatic rings. The molecule has 2 aliphatic carbocycles. The first-order valence-corrected chi connectivity index (χ1v) is 10.8. The summed E-state index contributed by atoms with van der Waals surface area (Å²) in [7, 11) is 0. The highest BCUT2D eigenvalue weighted by atomic mass is 16.3. The van der Waals surface area contributed by atoms with Crippen LogP contribution in [-0.4, -0.2) is 9.97 Å². The van der Waals surface area contributed by atoms with Crippen LogP contribution in [0.3, 0.4) is 0 Å². The monoisotopic (exact) mass is 380 g/mol. The van der Waals surface area contributed by atoms with Crippen molar-refractivity contribution in [2.24, 2.45) is 5.92 Å². The van der Waals surface area contributed by atoms with Gasteiger partial charge in [-0.05, 0) is 60.1 Å². The number of pyridine rings is 2. The van der Waals surface area contributed by atoms with E-state index in [-0.39, 0.29) is 0 Å². The molecule has 0 aliphatic heterocycles. The Kier molecular flexibility index (Phi) is 4.00. The lowest BCUT2D eigenvalue weighted by Crippen LogP contribution is -1.99. The van der Waals surface area contributed by atoms with E-state index in [1.807, 2.05) is 12.4 Å². The number of rotatable bonds is 3. The normalized spacial score (nSPS) is 16.7. The molecule has 3 aromatic heterocycles. The predicted octanol–water partition coefficient (Wildman–Crippen LogP) is 6.74. The van der Waals surface area contributed by atoms with Crippen LogP contribution in [0.1, 0.15) is 48.8 Å². The molecule has 0 amide bonds. The van der Waals surface area contributed by atoms with Gasteiger partial charge >= 0.3 is 0 Å². The van der Waals surface area contributed by atoms with Crippen molar-refractivity contribution in [1.29, 1.82) is 0 Å². The van der Waals surface area contributed by atoms with Gasteiger partial charge in [-0.2, -0.15) is 0 Å². The maximum absolute atomic E-state index is 6.29. The standard InChI is InChI=1S/C26H24N2O/c1-2-7-17(6-1)14-18-12-13-27-23(15-18)21-10-5-11-22-24-20-9-4-3-8-19(20)16-28-26(24)29-25(21)22/h4-5,9-13,15-17H,1-3,6-8,14H2. The summed E-state index contributed by atoms with van der Waals surface area (Å²) in [4.78, 5) is 9.33. The fraction of sp³-hybridized carbons (Fsp3) is 0.308. The molecule has 0 bridgehead atoms. The number of aryl methyl sites for hydroxylation is 1. The molecule has 0 unspecified atom stereocenters. The first-order chi connectivity index (χ1) is 14.4. The molecular formula is C26H24N2O. The lowest BCUT2D eigenvalue weighted by molar-refractivity contribution is 0.546. The van der Waals surface area contributed by atoms with Gasteiger partial charge in [-0.25, -0.2) is 4.98 Å². The SMILES string of the molecule is C1=Cc2c(cnc3oc4c(-c5cc(CC6CCCC6)ccn5)cccc4c23)CC1. The van der Waals surface area contributed by atoms with E-state index in [1.165, 1.54) is 42.4 Å². The molecule has 144 valence electrons. The highest BCUT2D eigenvalue weighted by molar-refractivity contribution is 6.11. The van der Waals surface area contributed by atoms with Gasteiger partial charge in [-0.1, -0.05) is 50.0 Å². The first kappa shape index (κ1) is 17.0. The summed E-state index contributed by atoms with van der Waals surface area (Å²) in [6, 6.07) is 10.8. The third kappa shape index (κ3) is 2.88. The highest BCUT2D eigenvalue weighted by Crippen LogP contribution is 2.38. The molecule has 1 fully saturated rings. The van der Waals surface area contributed by atoms with Crippen LogP contribution >= 0.6 is 0 Å². The predicted molar refractivity (Wildman–Crippen MR) is 118 cm³/mol. The van der Waals surface area contributed by atoms with Crippen molar-refractivity contribution in [1.82, 2.24) is 9.97 Å². The summed E-state index contributed by atoms with van der Waals surface area (Å²) in [5.41, 5.74) is 7.63. The molecule has 2 aliphatic rings. The zero-order valence-electron chi connectivity index (χ0n) is 16.5. The summed E-state index contributed by atoms with van der Waals surface area (Å²) < 4.78 is 6.29. The van der Waals surface area contributed by atoms with Gasteiger partial charge in [0, 0.05) is 23.3 Å². The maximum atomic E-state index is 6.29. The third-order valence-electron chi connectivity index (χ3n) is 6.61. The summed E-state index contributed by atoms with van der Waals surface area (Å²) >= 11 is 0.